The molecule has 0 spiro atoms. The van der Waals surface area contributed by atoms with Gasteiger partial charge in [0.15, 0.2) is 0 Å². The molecule has 2 rings (SSSR count). The number of anilines is 1. The maximum atomic E-state index is 12.0. The molecular formula is C14H15NO3. The fourth-order valence-electron chi connectivity index (χ4n) is 2.10. The van der Waals surface area contributed by atoms with E-state index in [1.165, 1.54) is 4.90 Å². The van der Waals surface area contributed by atoms with E-state index in [4.69, 9.17) is 4.74 Å². The van der Waals surface area contributed by atoms with Crippen LogP contribution < -0.4 is 9.64 Å². The van der Waals surface area contributed by atoms with Crippen LogP contribution in [0.1, 0.15) is 13.8 Å². The highest BCUT2D eigenvalue weighted by Crippen LogP contribution is 2.33. The van der Waals surface area contributed by atoms with Crippen molar-refractivity contribution in [3.8, 4) is 5.75 Å². The van der Waals surface area contributed by atoms with Crippen molar-refractivity contribution < 1.29 is 14.3 Å². The number of benzene rings is 1. The molecule has 1 unspecified atom stereocenters. The second-order valence-electron chi connectivity index (χ2n) is 4.37. The topological polar surface area (TPSA) is 46.6 Å². The van der Waals surface area contributed by atoms with Crippen molar-refractivity contribution in [3.05, 3.63) is 35.4 Å². The summed E-state index contributed by atoms with van der Waals surface area (Å²) in [6.07, 6.45) is 0.800. The Balaban J connectivity index is 2.32. The summed E-state index contributed by atoms with van der Waals surface area (Å²) in [6.45, 7) is 3.68. The highest BCUT2D eigenvalue weighted by Gasteiger charge is 2.43. The van der Waals surface area contributed by atoms with Gasteiger partial charge in [-0.3, -0.25) is 9.69 Å². The smallest absolute Gasteiger partial charge is 0.257 e. The number of nitrogens with zero attached hydrogens (tertiary/aromatic N) is 1. The van der Waals surface area contributed by atoms with Gasteiger partial charge in [0.25, 0.3) is 5.91 Å². The van der Waals surface area contributed by atoms with Crippen LogP contribution >= 0.6 is 0 Å². The fraction of sp³-hybridized carbons (Fsp3) is 0.286. The number of aldehydes is 1. The van der Waals surface area contributed by atoms with Gasteiger partial charge >= 0.3 is 0 Å². The molecule has 1 atom stereocenters. The Kier molecular flexibility index (Phi) is 3.19. The number of carbonyl (C=O) groups excluding carboxylic acids is 2. The normalized spacial score (nSPS) is 18.4. The number of ether oxygens (including phenoxy) is 1. The van der Waals surface area contributed by atoms with Gasteiger partial charge in [-0.05, 0) is 38.1 Å². The molecule has 1 heterocycles. The van der Waals surface area contributed by atoms with Crippen molar-refractivity contribution in [2.75, 3.05) is 12.0 Å². The van der Waals surface area contributed by atoms with Crippen LogP contribution in [0.25, 0.3) is 0 Å². The molecule has 0 aliphatic carbocycles. The van der Waals surface area contributed by atoms with Gasteiger partial charge in [-0.25, -0.2) is 0 Å². The Bertz CT molecular complexity index is 512. The van der Waals surface area contributed by atoms with Crippen molar-refractivity contribution >= 4 is 17.9 Å². The van der Waals surface area contributed by atoms with E-state index in [1.807, 2.05) is 13.8 Å². The molecule has 1 aliphatic heterocycles. The summed E-state index contributed by atoms with van der Waals surface area (Å²) in [5.74, 6) is 0.620. The summed E-state index contributed by atoms with van der Waals surface area (Å²) in [7, 11) is 1.58. The summed E-state index contributed by atoms with van der Waals surface area (Å²) >= 11 is 0. The first kappa shape index (κ1) is 12.4. The minimum absolute atomic E-state index is 0.0998. The van der Waals surface area contributed by atoms with Gasteiger partial charge < -0.3 is 9.53 Å². The van der Waals surface area contributed by atoms with Gasteiger partial charge in [-0.1, -0.05) is 5.57 Å². The fourth-order valence-corrected chi connectivity index (χ4v) is 2.10. The lowest BCUT2D eigenvalue weighted by Gasteiger charge is -2.40. The number of carbonyl (C=O) groups is 2. The maximum absolute atomic E-state index is 12.0. The molecule has 0 aromatic heterocycles. The second-order valence-corrected chi connectivity index (χ2v) is 4.37. The number of amides is 1. The quantitative estimate of drug-likeness (QED) is 0.464. The molecule has 0 N–H and O–H groups in total. The van der Waals surface area contributed by atoms with Crippen LogP contribution in [0.3, 0.4) is 0 Å². The lowest BCUT2D eigenvalue weighted by molar-refractivity contribution is -0.122. The summed E-state index contributed by atoms with van der Waals surface area (Å²) in [5.41, 5.74) is 2.20. The average Bonchev–Trinajstić information content (AvgIpc) is 2.36. The maximum Gasteiger partial charge on any atom is 0.257 e. The number of β-lactam (4-membered cyclic amide) rings is 1. The van der Waals surface area contributed by atoms with Crippen LogP contribution in [-0.4, -0.2) is 25.3 Å². The Morgan fingerprint density at radius 2 is 1.89 bits per heavy atom. The first-order chi connectivity index (χ1) is 8.60. The number of methoxy groups -OCH3 is 1. The number of rotatable bonds is 3. The average molecular weight is 245 g/mol. The lowest BCUT2D eigenvalue weighted by Crippen LogP contribution is -2.56. The minimum atomic E-state index is -0.462. The van der Waals surface area contributed by atoms with Crippen molar-refractivity contribution in [2.45, 2.75) is 19.9 Å². The second kappa shape index (κ2) is 4.64. The molecule has 4 heteroatoms. The molecule has 4 nitrogen and oxygen atoms in total. The number of allylic oxidation sites excluding steroid dienone is 1. The van der Waals surface area contributed by atoms with Crippen LogP contribution in [0.2, 0.25) is 0 Å². The van der Waals surface area contributed by atoms with E-state index >= 15 is 0 Å². The number of hydrogen-bond acceptors (Lipinski definition) is 3. The van der Waals surface area contributed by atoms with Crippen LogP contribution in [0.15, 0.2) is 35.4 Å². The molecule has 1 aromatic rings. The molecule has 1 amide bonds. The minimum Gasteiger partial charge on any atom is -0.497 e. The van der Waals surface area contributed by atoms with Gasteiger partial charge in [-0.2, -0.15) is 0 Å². The highest BCUT2D eigenvalue weighted by atomic mass is 16.5. The zero-order chi connectivity index (χ0) is 13.3. The Morgan fingerprint density at radius 3 is 2.33 bits per heavy atom. The van der Waals surface area contributed by atoms with Crippen molar-refractivity contribution in [3.63, 3.8) is 0 Å². The molecule has 1 aromatic carbocycles. The van der Waals surface area contributed by atoms with Gasteiger partial charge in [0.05, 0.1) is 7.11 Å². The molecule has 0 radical (unpaired) electrons. The molecular weight excluding hydrogens is 230 g/mol. The van der Waals surface area contributed by atoms with E-state index in [0.29, 0.717) is 11.3 Å². The van der Waals surface area contributed by atoms with Crippen molar-refractivity contribution in [1.82, 2.24) is 0 Å². The van der Waals surface area contributed by atoms with Gasteiger partial charge in [-0.15, -0.1) is 0 Å². The van der Waals surface area contributed by atoms with E-state index in [0.717, 1.165) is 17.6 Å². The molecule has 1 saturated heterocycles. The first-order valence-electron chi connectivity index (χ1n) is 5.70. The Hall–Kier alpha value is -2.10. The third-order valence-corrected chi connectivity index (χ3v) is 3.04. The predicted octanol–water partition coefficient (Wildman–Crippen LogP) is 1.95. The zero-order valence-corrected chi connectivity index (χ0v) is 10.6. The summed E-state index contributed by atoms with van der Waals surface area (Å²) in [4.78, 5) is 24.6. The molecule has 1 fully saturated rings. The molecule has 1 aliphatic rings. The third kappa shape index (κ3) is 1.79. The standard InChI is InChI=1S/C14H15NO3/c1-9(2)13-12(8-16)15(14(13)17)10-4-6-11(18-3)7-5-10/h4-8,12H,1-3H3. The van der Waals surface area contributed by atoms with Crippen LogP contribution in [0.5, 0.6) is 5.75 Å². The largest absolute Gasteiger partial charge is 0.497 e. The summed E-state index contributed by atoms with van der Waals surface area (Å²) in [6, 6.07) is 6.62. The summed E-state index contributed by atoms with van der Waals surface area (Å²) in [5, 5.41) is 0. The van der Waals surface area contributed by atoms with Crippen LogP contribution in [0.4, 0.5) is 5.69 Å². The summed E-state index contributed by atoms with van der Waals surface area (Å²) < 4.78 is 5.06. The Labute approximate surface area is 106 Å². The van der Waals surface area contributed by atoms with E-state index in [-0.39, 0.29) is 5.91 Å². The highest BCUT2D eigenvalue weighted by molar-refractivity contribution is 6.20. The van der Waals surface area contributed by atoms with E-state index < -0.39 is 6.04 Å². The lowest BCUT2D eigenvalue weighted by atomic mass is 9.91. The van der Waals surface area contributed by atoms with Crippen LogP contribution in [0, 0.1) is 0 Å². The zero-order valence-electron chi connectivity index (χ0n) is 10.6. The van der Waals surface area contributed by atoms with Crippen LogP contribution in [-0.2, 0) is 9.59 Å². The van der Waals surface area contributed by atoms with Crippen molar-refractivity contribution in [1.29, 1.82) is 0 Å². The SMILES string of the molecule is COc1ccc(N2C(=O)C(=C(C)C)C2C=O)cc1. The third-order valence-electron chi connectivity index (χ3n) is 3.04. The van der Waals surface area contributed by atoms with Gasteiger partial charge in [0, 0.05) is 11.3 Å². The Morgan fingerprint density at radius 1 is 1.28 bits per heavy atom. The number of hydrogen-bond donors (Lipinski definition) is 0. The van der Waals surface area contributed by atoms with Gasteiger partial charge in [0.2, 0.25) is 0 Å². The van der Waals surface area contributed by atoms with Crippen molar-refractivity contribution in [2.24, 2.45) is 0 Å². The van der Waals surface area contributed by atoms with E-state index in [9.17, 15) is 9.59 Å². The monoisotopic (exact) mass is 245 g/mol. The predicted molar refractivity (Wildman–Crippen MR) is 68.7 cm³/mol. The van der Waals surface area contributed by atoms with E-state index in [2.05, 4.69) is 0 Å². The van der Waals surface area contributed by atoms with Gasteiger partial charge in [0.1, 0.15) is 18.1 Å². The van der Waals surface area contributed by atoms with E-state index in [1.54, 1.807) is 31.4 Å². The molecule has 0 bridgehead atoms. The first-order valence-corrected chi connectivity index (χ1v) is 5.70. The molecule has 94 valence electrons. The molecule has 0 saturated carbocycles. The molecule has 18 heavy (non-hydrogen) atoms.